The van der Waals surface area contributed by atoms with Gasteiger partial charge in [-0.1, -0.05) is 13.8 Å². The van der Waals surface area contributed by atoms with Gasteiger partial charge in [-0.3, -0.25) is 4.79 Å². The fraction of sp³-hybridized carbons (Fsp3) is 0.714. The lowest BCUT2D eigenvalue weighted by Gasteiger charge is -2.26. The van der Waals surface area contributed by atoms with Gasteiger partial charge < -0.3 is 15.6 Å². The summed E-state index contributed by atoms with van der Waals surface area (Å²) in [6.45, 7) is 11.6. The molecule has 0 unspecified atom stereocenters. The Morgan fingerprint density at radius 2 is 1.95 bits per heavy atom. The van der Waals surface area contributed by atoms with Gasteiger partial charge in [-0.05, 0) is 39.2 Å². The van der Waals surface area contributed by atoms with Gasteiger partial charge in [0.15, 0.2) is 5.82 Å². The van der Waals surface area contributed by atoms with Crippen molar-refractivity contribution in [3.8, 4) is 0 Å². The van der Waals surface area contributed by atoms with Gasteiger partial charge in [0.25, 0.3) is 5.56 Å². The van der Waals surface area contributed by atoms with Crippen LogP contribution < -0.4 is 16.6 Å². The molecule has 0 fully saturated rings. The highest BCUT2D eigenvalue weighted by Crippen LogP contribution is 2.19. The Labute approximate surface area is 115 Å². The number of rotatable bonds is 5. The zero-order chi connectivity index (χ0) is 14.7. The van der Waals surface area contributed by atoms with Crippen molar-refractivity contribution in [2.75, 3.05) is 18.4 Å². The summed E-state index contributed by atoms with van der Waals surface area (Å²) >= 11 is 0. The predicted octanol–water partition coefficient (Wildman–Crippen LogP) is 1.79. The number of hydrogen-bond donors (Lipinski definition) is 2. The van der Waals surface area contributed by atoms with Crippen LogP contribution >= 0.6 is 0 Å². The van der Waals surface area contributed by atoms with Crippen LogP contribution in [0.3, 0.4) is 0 Å². The van der Waals surface area contributed by atoms with E-state index in [0.717, 1.165) is 6.42 Å². The van der Waals surface area contributed by atoms with Crippen LogP contribution in [0, 0.1) is 5.41 Å². The van der Waals surface area contributed by atoms with Crippen LogP contribution in [0.15, 0.2) is 17.2 Å². The molecule has 0 saturated heterocycles. The average molecular weight is 266 g/mol. The van der Waals surface area contributed by atoms with Gasteiger partial charge in [0.2, 0.25) is 0 Å². The minimum Gasteiger partial charge on any atom is -0.365 e. The fourth-order valence-electron chi connectivity index (χ4n) is 1.86. The molecule has 0 atom stereocenters. The quantitative estimate of drug-likeness (QED) is 0.852. The lowest BCUT2D eigenvalue weighted by molar-refractivity contribution is 0.362. The molecule has 19 heavy (non-hydrogen) atoms. The molecule has 0 spiro atoms. The molecule has 3 N–H and O–H groups in total. The first kappa shape index (κ1) is 15.7. The molecule has 0 radical (unpaired) electrons. The molecule has 1 aromatic rings. The van der Waals surface area contributed by atoms with Gasteiger partial charge in [0.1, 0.15) is 0 Å². The second-order valence-electron chi connectivity index (χ2n) is 6.68. The largest absolute Gasteiger partial charge is 0.365 e. The highest BCUT2D eigenvalue weighted by atomic mass is 16.1. The van der Waals surface area contributed by atoms with Crippen LogP contribution in [0.2, 0.25) is 0 Å². The van der Waals surface area contributed by atoms with E-state index in [1.165, 1.54) is 0 Å². The molecule has 5 nitrogen and oxygen atoms in total. The van der Waals surface area contributed by atoms with Gasteiger partial charge in [-0.15, -0.1) is 0 Å². The van der Waals surface area contributed by atoms with Crippen LogP contribution in [0.5, 0.6) is 0 Å². The second-order valence-corrected chi connectivity index (χ2v) is 6.68. The average Bonchev–Trinajstić information content (AvgIpc) is 2.26. The van der Waals surface area contributed by atoms with E-state index in [-0.39, 0.29) is 16.5 Å². The molecule has 1 aromatic heterocycles. The van der Waals surface area contributed by atoms with Gasteiger partial charge in [0, 0.05) is 24.5 Å². The Bertz CT molecular complexity index is 471. The molecule has 0 aromatic carbocycles. The third-order valence-corrected chi connectivity index (χ3v) is 3.12. The zero-order valence-electron chi connectivity index (χ0n) is 12.7. The van der Waals surface area contributed by atoms with Crippen LogP contribution in [0.25, 0.3) is 0 Å². The Balaban J connectivity index is 2.90. The molecule has 0 aliphatic heterocycles. The monoisotopic (exact) mass is 266 g/mol. The van der Waals surface area contributed by atoms with Gasteiger partial charge >= 0.3 is 0 Å². The van der Waals surface area contributed by atoms with Crippen molar-refractivity contribution >= 4 is 5.82 Å². The predicted molar refractivity (Wildman–Crippen MR) is 79.4 cm³/mol. The third-order valence-electron chi connectivity index (χ3n) is 3.12. The van der Waals surface area contributed by atoms with Crippen LogP contribution in [0.1, 0.15) is 41.0 Å². The minimum absolute atomic E-state index is 0.0469. The van der Waals surface area contributed by atoms with Crippen molar-refractivity contribution < 1.29 is 0 Å². The summed E-state index contributed by atoms with van der Waals surface area (Å²) in [5.41, 5.74) is 5.30. The third kappa shape index (κ3) is 4.35. The molecule has 108 valence electrons. The van der Waals surface area contributed by atoms with Crippen molar-refractivity contribution in [1.29, 1.82) is 0 Å². The van der Waals surface area contributed by atoms with Crippen LogP contribution in [-0.4, -0.2) is 22.6 Å². The standard InChI is InChI=1S/C14H26N4O/c1-13(2,3)18-9-8-16-11(12(18)19)17-10-14(4,5)6-7-15/h8-9H,6-7,10,15H2,1-5H3,(H,16,17). The van der Waals surface area contributed by atoms with E-state index >= 15 is 0 Å². The first-order chi connectivity index (χ1) is 8.67. The molecule has 1 rings (SSSR count). The Morgan fingerprint density at radius 1 is 1.32 bits per heavy atom. The highest BCUT2D eigenvalue weighted by molar-refractivity contribution is 5.31. The van der Waals surface area contributed by atoms with Crippen molar-refractivity contribution in [2.24, 2.45) is 11.1 Å². The van der Waals surface area contributed by atoms with Crippen LogP contribution in [0.4, 0.5) is 5.82 Å². The van der Waals surface area contributed by atoms with E-state index in [2.05, 4.69) is 24.1 Å². The summed E-state index contributed by atoms with van der Waals surface area (Å²) in [5, 5.41) is 3.15. The molecule has 5 heteroatoms. The number of hydrogen-bond acceptors (Lipinski definition) is 4. The summed E-state index contributed by atoms with van der Waals surface area (Å²) in [7, 11) is 0. The first-order valence-corrected chi connectivity index (χ1v) is 6.69. The normalized spacial score (nSPS) is 12.5. The summed E-state index contributed by atoms with van der Waals surface area (Å²) in [6.07, 6.45) is 4.28. The molecular formula is C14H26N4O. The maximum absolute atomic E-state index is 12.3. The van der Waals surface area contributed by atoms with E-state index in [1.54, 1.807) is 17.0 Å². The summed E-state index contributed by atoms with van der Waals surface area (Å²) < 4.78 is 1.69. The van der Waals surface area contributed by atoms with Crippen LogP contribution in [-0.2, 0) is 5.54 Å². The van der Waals surface area contributed by atoms with E-state index in [0.29, 0.717) is 18.9 Å². The first-order valence-electron chi connectivity index (χ1n) is 6.69. The molecule has 0 saturated carbocycles. The number of nitrogens with one attached hydrogen (secondary N) is 1. The van der Waals surface area contributed by atoms with Gasteiger partial charge in [-0.2, -0.15) is 0 Å². The summed E-state index contributed by atoms with van der Waals surface area (Å²) in [4.78, 5) is 16.4. The zero-order valence-corrected chi connectivity index (χ0v) is 12.7. The maximum Gasteiger partial charge on any atom is 0.293 e. The SMILES string of the molecule is CC(C)(CCN)CNc1nccn(C(C)(C)C)c1=O. The Hall–Kier alpha value is -1.36. The topological polar surface area (TPSA) is 72.9 Å². The molecule has 0 amide bonds. The van der Waals surface area contributed by atoms with E-state index in [1.807, 2.05) is 20.8 Å². The van der Waals surface area contributed by atoms with E-state index in [9.17, 15) is 4.79 Å². The van der Waals surface area contributed by atoms with Crippen molar-refractivity contribution in [1.82, 2.24) is 9.55 Å². The maximum atomic E-state index is 12.3. The Morgan fingerprint density at radius 3 is 2.47 bits per heavy atom. The lowest BCUT2D eigenvalue weighted by Crippen LogP contribution is -2.36. The fourth-order valence-corrected chi connectivity index (χ4v) is 1.86. The Kier molecular flexibility index (Phi) is 4.74. The minimum atomic E-state index is -0.247. The lowest BCUT2D eigenvalue weighted by atomic mass is 9.89. The van der Waals surface area contributed by atoms with Crippen molar-refractivity contribution in [3.05, 3.63) is 22.7 Å². The smallest absolute Gasteiger partial charge is 0.293 e. The molecule has 0 aliphatic carbocycles. The van der Waals surface area contributed by atoms with E-state index < -0.39 is 0 Å². The van der Waals surface area contributed by atoms with Crippen molar-refractivity contribution in [2.45, 2.75) is 46.6 Å². The highest BCUT2D eigenvalue weighted by Gasteiger charge is 2.20. The summed E-state index contributed by atoms with van der Waals surface area (Å²) in [6, 6.07) is 0. The summed E-state index contributed by atoms with van der Waals surface area (Å²) in [5.74, 6) is 0.405. The number of nitrogens with two attached hydrogens (primary N) is 1. The number of anilines is 1. The van der Waals surface area contributed by atoms with Gasteiger partial charge in [0.05, 0.1) is 0 Å². The second kappa shape index (κ2) is 5.74. The molecular weight excluding hydrogens is 240 g/mol. The van der Waals surface area contributed by atoms with Crippen molar-refractivity contribution in [3.63, 3.8) is 0 Å². The molecule has 0 bridgehead atoms. The molecule has 1 heterocycles. The number of aromatic nitrogens is 2. The van der Waals surface area contributed by atoms with E-state index in [4.69, 9.17) is 5.73 Å². The number of nitrogens with zero attached hydrogens (tertiary/aromatic N) is 2. The molecule has 0 aliphatic rings. The van der Waals surface area contributed by atoms with Gasteiger partial charge in [-0.25, -0.2) is 4.98 Å².